The van der Waals surface area contributed by atoms with Crippen molar-refractivity contribution >= 4 is 17.3 Å². The van der Waals surface area contributed by atoms with E-state index in [0.29, 0.717) is 12.3 Å². The van der Waals surface area contributed by atoms with Gasteiger partial charge in [-0.1, -0.05) is 23.7 Å². The summed E-state index contributed by atoms with van der Waals surface area (Å²) in [4.78, 5) is 11.4. The van der Waals surface area contributed by atoms with Gasteiger partial charge in [-0.2, -0.15) is 5.10 Å². The second kappa shape index (κ2) is 6.43. The van der Waals surface area contributed by atoms with Crippen molar-refractivity contribution in [2.75, 3.05) is 11.9 Å². The molecule has 1 unspecified atom stereocenters. The Hall–Kier alpha value is -2.01. The van der Waals surface area contributed by atoms with Gasteiger partial charge in [-0.3, -0.25) is 4.79 Å². The summed E-state index contributed by atoms with van der Waals surface area (Å²) >= 11 is 5.93. The first-order valence-corrected chi connectivity index (χ1v) is 6.72. The van der Waals surface area contributed by atoms with Crippen LogP contribution in [0.1, 0.15) is 25.5 Å². The largest absolute Gasteiger partial charge is 0.494 e. The Labute approximate surface area is 121 Å². The van der Waals surface area contributed by atoms with Crippen molar-refractivity contribution in [2.24, 2.45) is 0 Å². The smallest absolute Gasteiger partial charge is 0.285 e. The van der Waals surface area contributed by atoms with Gasteiger partial charge in [0.1, 0.15) is 10.8 Å². The number of nitrogens with one attached hydrogen (secondary N) is 2. The Morgan fingerprint density at radius 3 is 3.05 bits per heavy atom. The van der Waals surface area contributed by atoms with Crippen LogP contribution in [0.3, 0.4) is 0 Å². The number of ether oxygens (including phenoxy) is 1. The summed E-state index contributed by atoms with van der Waals surface area (Å²) in [5.74, 6) is 0.814. The number of H-pyrrole nitrogens is 1. The average molecular weight is 294 g/mol. The predicted molar refractivity (Wildman–Crippen MR) is 79.5 cm³/mol. The third kappa shape index (κ3) is 3.30. The van der Waals surface area contributed by atoms with Crippen LogP contribution in [0.5, 0.6) is 5.75 Å². The molecule has 0 saturated carbocycles. The third-order valence-corrected chi connectivity index (χ3v) is 3.21. The summed E-state index contributed by atoms with van der Waals surface area (Å²) < 4.78 is 5.47. The Kier molecular flexibility index (Phi) is 4.63. The van der Waals surface area contributed by atoms with E-state index in [2.05, 4.69) is 15.5 Å². The van der Waals surface area contributed by atoms with Crippen molar-refractivity contribution in [1.82, 2.24) is 10.2 Å². The Morgan fingerprint density at radius 2 is 2.30 bits per heavy atom. The molecule has 20 heavy (non-hydrogen) atoms. The summed E-state index contributed by atoms with van der Waals surface area (Å²) in [5, 5.41) is 9.28. The zero-order valence-electron chi connectivity index (χ0n) is 11.3. The lowest BCUT2D eigenvalue weighted by Gasteiger charge is -2.16. The molecule has 0 saturated heterocycles. The van der Waals surface area contributed by atoms with Crippen LogP contribution in [0.4, 0.5) is 5.69 Å². The highest BCUT2D eigenvalue weighted by molar-refractivity contribution is 6.32. The highest BCUT2D eigenvalue weighted by Crippen LogP contribution is 2.24. The minimum atomic E-state index is -0.410. The predicted octanol–water partition coefficient (Wildman–Crippen LogP) is 3.00. The van der Waals surface area contributed by atoms with Crippen molar-refractivity contribution < 1.29 is 4.74 Å². The van der Waals surface area contributed by atoms with Crippen molar-refractivity contribution in [3.8, 4) is 5.75 Å². The monoisotopic (exact) mass is 293 g/mol. The molecule has 106 valence electrons. The lowest BCUT2D eigenvalue weighted by Crippen LogP contribution is -2.14. The van der Waals surface area contributed by atoms with E-state index >= 15 is 0 Å². The van der Waals surface area contributed by atoms with E-state index in [1.165, 1.54) is 6.20 Å². The summed E-state index contributed by atoms with van der Waals surface area (Å²) in [6.45, 7) is 4.54. The fourth-order valence-electron chi connectivity index (χ4n) is 1.84. The van der Waals surface area contributed by atoms with Gasteiger partial charge in [0.2, 0.25) is 0 Å². The summed E-state index contributed by atoms with van der Waals surface area (Å²) in [6.07, 6.45) is 1.49. The van der Waals surface area contributed by atoms with Crippen molar-refractivity contribution in [2.45, 2.75) is 19.9 Å². The van der Waals surface area contributed by atoms with Crippen molar-refractivity contribution in [1.29, 1.82) is 0 Å². The number of nitrogens with zero attached hydrogens (tertiary/aromatic N) is 1. The topological polar surface area (TPSA) is 67.0 Å². The van der Waals surface area contributed by atoms with Crippen LogP contribution in [0.2, 0.25) is 5.02 Å². The maximum atomic E-state index is 11.4. The van der Waals surface area contributed by atoms with Crippen molar-refractivity contribution in [3.63, 3.8) is 0 Å². The highest BCUT2D eigenvalue weighted by atomic mass is 35.5. The zero-order valence-corrected chi connectivity index (χ0v) is 12.1. The fourth-order valence-corrected chi connectivity index (χ4v) is 1.99. The molecule has 0 spiro atoms. The zero-order chi connectivity index (χ0) is 14.5. The van der Waals surface area contributed by atoms with Crippen LogP contribution >= 0.6 is 11.6 Å². The molecule has 1 heterocycles. The summed E-state index contributed by atoms with van der Waals surface area (Å²) in [6, 6.07) is 7.73. The number of hydrogen-bond donors (Lipinski definition) is 2. The number of benzene rings is 1. The van der Waals surface area contributed by atoms with Crippen LogP contribution < -0.4 is 15.6 Å². The Bertz CT molecular complexity index is 642. The van der Waals surface area contributed by atoms with Gasteiger partial charge in [0.05, 0.1) is 18.5 Å². The molecule has 6 heteroatoms. The summed E-state index contributed by atoms with van der Waals surface area (Å²) in [5.41, 5.74) is 1.13. The van der Waals surface area contributed by atoms with Gasteiger partial charge in [0, 0.05) is 6.04 Å². The lowest BCUT2D eigenvalue weighted by atomic mass is 10.1. The van der Waals surface area contributed by atoms with Gasteiger partial charge in [0.15, 0.2) is 0 Å². The van der Waals surface area contributed by atoms with Gasteiger partial charge in [-0.05, 0) is 31.5 Å². The van der Waals surface area contributed by atoms with Gasteiger partial charge < -0.3 is 10.1 Å². The van der Waals surface area contributed by atoms with E-state index < -0.39 is 5.56 Å². The summed E-state index contributed by atoms with van der Waals surface area (Å²) in [7, 11) is 0. The van der Waals surface area contributed by atoms with E-state index in [1.54, 1.807) is 0 Å². The quantitative estimate of drug-likeness (QED) is 0.889. The van der Waals surface area contributed by atoms with Gasteiger partial charge in [-0.25, -0.2) is 5.10 Å². The number of rotatable bonds is 5. The number of anilines is 1. The molecule has 1 aromatic carbocycles. The molecule has 0 bridgehead atoms. The Morgan fingerprint density at radius 1 is 1.50 bits per heavy atom. The molecule has 0 amide bonds. The van der Waals surface area contributed by atoms with E-state index in [4.69, 9.17) is 16.3 Å². The first-order valence-electron chi connectivity index (χ1n) is 6.34. The first-order chi connectivity index (χ1) is 9.61. The lowest BCUT2D eigenvalue weighted by molar-refractivity contribution is 0.340. The fraction of sp³-hybridized carbons (Fsp3) is 0.286. The van der Waals surface area contributed by atoms with Crippen LogP contribution in [0.15, 0.2) is 35.3 Å². The number of aromatic amines is 1. The minimum Gasteiger partial charge on any atom is -0.494 e. The number of hydrogen-bond acceptors (Lipinski definition) is 4. The molecule has 0 aliphatic heterocycles. The molecule has 0 radical (unpaired) electrons. The minimum absolute atomic E-state index is 0.0310. The number of aromatic nitrogens is 2. The maximum Gasteiger partial charge on any atom is 0.285 e. The van der Waals surface area contributed by atoms with E-state index in [9.17, 15) is 4.79 Å². The molecule has 1 aromatic heterocycles. The van der Waals surface area contributed by atoms with E-state index in [-0.39, 0.29) is 11.1 Å². The van der Waals surface area contributed by atoms with Gasteiger partial charge in [-0.15, -0.1) is 0 Å². The third-order valence-electron chi connectivity index (χ3n) is 2.84. The molecular weight excluding hydrogens is 278 g/mol. The molecule has 0 aliphatic rings. The Balaban J connectivity index is 2.19. The molecule has 1 atom stereocenters. The first kappa shape index (κ1) is 14.4. The highest BCUT2D eigenvalue weighted by Gasteiger charge is 2.10. The molecule has 0 fully saturated rings. The van der Waals surface area contributed by atoms with E-state index in [0.717, 1.165) is 11.3 Å². The SMILES string of the molecule is CCOc1cccc(C(C)Nc2cn[nH]c(=O)c2Cl)c1. The molecule has 2 rings (SSSR count). The molecule has 0 aliphatic carbocycles. The molecule has 5 nitrogen and oxygen atoms in total. The number of halogens is 1. The van der Waals surface area contributed by atoms with Crippen LogP contribution in [0.25, 0.3) is 0 Å². The maximum absolute atomic E-state index is 11.4. The van der Waals surface area contributed by atoms with Gasteiger partial charge >= 0.3 is 0 Å². The average Bonchev–Trinajstić information content (AvgIpc) is 2.44. The normalized spacial score (nSPS) is 11.9. The second-order valence-corrected chi connectivity index (χ2v) is 4.68. The standard InChI is InChI=1S/C14H16ClN3O2/c1-3-20-11-6-4-5-10(7-11)9(2)17-12-8-16-18-14(19)13(12)15/h4-9H,3H2,1-2H3,(H2,17,18,19). The van der Waals surface area contributed by atoms with Gasteiger partial charge in [0.25, 0.3) is 5.56 Å². The van der Waals surface area contributed by atoms with E-state index in [1.807, 2.05) is 38.1 Å². The molecular formula is C14H16ClN3O2. The van der Waals surface area contributed by atoms with Crippen molar-refractivity contribution in [3.05, 3.63) is 51.4 Å². The molecule has 2 aromatic rings. The second-order valence-electron chi connectivity index (χ2n) is 4.30. The van der Waals surface area contributed by atoms with Crippen LogP contribution in [-0.4, -0.2) is 16.8 Å². The van der Waals surface area contributed by atoms with Crippen LogP contribution in [-0.2, 0) is 0 Å². The van der Waals surface area contributed by atoms with Crippen LogP contribution in [0, 0.1) is 0 Å². The molecule has 2 N–H and O–H groups in total.